The molecular weight excluding hydrogens is 240 g/mol. The summed E-state index contributed by atoms with van der Waals surface area (Å²) in [6, 6.07) is 0. The van der Waals surface area contributed by atoms with Gasteiger partial charge in [-0.05, 0) is 32.1 Å². The van der Waals surface area contributed by atoms with Crippen LogP contribution in [-0.2, 0) is 9.53 Å². The van der Waals surface area contributed by atoms with Gasteiger partial charge in [-0.3, -0.25) is 4.79 Å². The van der Waals surface area contributed by atoms with Crippen LogP contribution in [0, 0.1) is 5.92 Å². The molecule has 1 saturated heterocycles. The first kappa shape index (κ1) is 16.4. The van der Waals surface area contributed by atoms with E-state index in [1.54, 1.807) is 0 Å². The van der Waals surface area contributed by atoms with Gasteiger partial charge in [0.2, 0.25) is 5.91 Å². The van der Waals surface area contributed by atoms with Crippen molar-refractivity contribution >= 4 is 5.91 Å². The molecule has 0 bridgehead atoms. The van der Waals surface area contributed by atoms with E-state index in [1.807, 2.05) is 11.8 Å². The van der Waals surface area contributed by atoms with E-state index in [0.29, 0.717) is 12.0 Å². The molecule has 1 heterocycles. The minimum atomic E-state index is -0.708. The molecule has 1 aliphatic heterocycles. The van der Waals surface area contributed by atoms with Crippen molar-refractivity contribution in [1.29, 1.82) is 0 Å². The highest BCUT2D eigenvalue weighted by Crippen LogP contribution is 2.19. The number of rotatable bonds is 6. The summed E-state index contributed by atoms with van der Waals surface area (Å²) in [5.74, 6) is 0.660. The van der Waals surface area contributed by atoms with Gasteiger partial charge in [-0.25, -0.2) is 0 Å². The summed E-state index contributed by atoms with van der Waals surface area (Å²) in [5, 5.41) is 0. The van der Waals surface area contributed by atoms with Crippen LogP contribution in [0.25, 0.3) is 0 Å². The van der Waals surface area contributed by atoms with E-state index in [-0.39, 0.29) is 5.91 Å². The number of hydrogen-bond donors (Lipinski definition) is 1. The molecule has 0 aromatic heterocycles. The highest BCUT2D eigenvalue weighted by atomic mass is 16.5. The smallest absolute Gasteiger partial charge is 0.242 e. The number of nitrogens with two attached hydrogens (primary N) is 1. The van der Waals surface area contributed by atoms with Crippen molar-refractivity contribution in [3.63, 3.8) is 0 Å². The van der Waals surface area contributed by atoms with Gasteiger partial charge in [0.05, 0.1) is 11.6 Å². The van der Waals surface area contributed by atoms with Gasteiger partial charge in [0.1, 0.15) is 0 Å². The fourth-order valence-electron chi connectivity index (χ4n) is 2.54. The third kappa shape index (κ3) is 5.11. The molecule has 0 radical (unpaired) electrons. The van der Waals surface area contributed by atoms with Gasteiger partial charge in [-0.1, -0.05) is 27.2 Å². The molecule has 0 aromatic carbocycles. The Hall–Kier alpha value is -0.610. The largest absolute Gasteiger partial charge is 0.378 e. The zero-order chi connectivity index (χ0) is 14.5. The van der Waals surface area contributed by atoms with Crippen molar-refractivity contribution in [3.05, 3.63) is 0 Å². The summed E-state index contributed by atoms with van der Waals surface area (Å²) < 4.78 is 5.84. The van der Waals surface area contributed by atoms with Crippen LogP contribution in [0.5, 0.6) is 0 Å². The molecule has 4 nitrogen and oxygen atoms in total. The lowest BCUT2D eigenvalue weighted by molar-refractivity contribution is -0.139. The quantitative estimate of drug-likeness (QED) is 0.804. The van der Waals surface area contributed by atoms with E-state index >= 15 is 0 Å². The normalized spacial score (nSPS) is 20.6. The van der Waals surface area contributed by atoms with E-state index in [0.717, 1.165) is 45.4 Å². The van der Waals surface area contributed by atoms with Gasteiger partial charge in [0.15, 0.2) is 0 Å². The maximum atomic E-state index is 12.3. The van der Waals surface area contributed by atoms with Crippen molar-refractivity contribution in [2.45, 2.75) is 65.0 Å². The first-order valence-corrected chi connectivity index (χ1v) is 7.56. The third-order valence-electron chi connectivity index (χ3n) is 3.65. The number of likely N-dealkylation sites (tertiary alicyclic amines) is 1. The Bertz CT molecular complexity index is 282. The maximum Gasteiger partial charge on any atom is 0.242 e. The second-order valence-electron chi connectivity index (χ2n) is 6.39. The van der Waals surface area contributed by atoms with Crippen molar-refractivity contribution < 1.29 is 9.53 Å². The molecule has 1 rings (SSSR count). The average Bonchev–Trinajstić information content (AvgIpc) is 2.36. The molecule has 1 unspecified atom stereocenters. The fraction of sp³-hybridized carbons (Fsp3) is 0.933. The number of ether oxygens (including phenoxy) is 1. The first-order chi connectivity index (χ1) is 8.86. The molecule has 19 heavy (non-hydrogen) atoms. The summed E-state index contributed by atoms with van der Waals surface area (Å²) in [7, 11) is 0. The van der Waals surface area contributed by atoms with Crippen LogP contribution >= 0.6 is 0 Å². The zero-order valence-corrected chi connectivity index (χ0v) is 12.9. The molecule has 1 amide bonds. The molecule has 1 atom stereocenters. The number of nitrogens with zero attached hydrogens (tertiary/aromatic N) is 1. The Morgan fingerprint density at radius 1 is 1.42 bits per heavy atom. The Morgan fingerprint density at radius 3 is 2.47 bits per heavy atom. The van der Waals surface area contributed by atoms with Crippen molar-refractivity contribution in [2.24, 2.45) is 11.7 Å². The van der Waals surface area contributed by atoms with E-state index in [1.165, 1.54) is 0 Å². The second kappa shape index (κ2) is 7.25. The maximum absolute atomic E-state index is 12.3. The molecule has 0 aromatic rings. The molecule has 0 aliphatic carbocycles. The Morgan fingerprint density at radius 2 is 2.00 bits per heavy atom. The number of carbonyl (C=O) groups excluding carboxylic acids is 1. The summed E-state index contributed by atoms with van der Waals surface area (Å²) in [4.78, 5) is 14.3. The number of amides is 1. The highest BCUT2D eigenvalue weighted by molar-refractivity contribution is 5.85. The zero-order valence-electron chi connectivity index (χ0n) is 12.9. The summed E-state index contributed by atoms with van der Waals surface area (Å²) >= 11 is 0. The second-order valence-corrected chi connectivity index (χ2v) is 6.39. The van der Waals surface area contributed by atoms with E-state index < -0.39 is 5.54 Å². The number of piperidine rings is 1. The first-order valence-electron chi connectivity index (χ1n) is 7.56. The SMILES string of the molecule is CCCC(C)(N)C(=O)N1CCC(OCC(C)C)CC1. The molecule has 2 N–H and O–H groups in total. The minimum absolute atomic E-state index is 0.0941. The standard InChI is InChI=1S/C15H30N2O2/c1-5-8-15(4,16)14(18)17-9-6-13(7-10-17)19-11-12(2)3/h12-13H,5-11,16H2,1-4H3. The van der Waals surface area contributed by atoms with Crippen LogP contribution < -0.4 is 5.73 Å². The van der Waals surface area contributed by atoms with Crippen molar-refractivity contribution in [2.75, 3.05) is 19.7 Å². The van der Waals surface area contributed by atoms with Crippen LogP contribution in [0.2, 0.25) is 0 Å². The van der Waals surface area contributed by atoms with Crippen LogP contribution in [0.15, 0.2) is 0 Å². The highest BCUT2D eigenvalue weighted by Gasteiger charge is 2.33. The molecule has 0 saturated carbocycles. The molecule has 4 heteroatoms. The summed E-state index contributed by atoms with van der Waals surface area (Å²) in [6.45, 7) is 10.6. The average molecular weight is 270 g/mol. The Kier molecular flexibility index (Phi) is 6.27. The lowest BCUT2D eigenvalue weighted by Crippen LogP contribution is -2.55. The van der Waals surface area contributed by atoms with Gasteiger partial charge in [-0.15, -0.1) is 0 Å². The van der Waals surface area contributed by atoms with Gasteiger partial charge in [-0.2, -0.15) is 0 Å². The van der Waals surface area contributed by atoms with Crippen molar-refractivity contribution in [1.82, 2.24) is 4.90 Å². The molecule has 112 valence electrons. The lowest BCUT2D eigenvalue weighted by Gasteiger charge is -2.36. The predicted molar refractivity (Wildman–Crippen MR) is 77.9 cm³/mol. The van der Waals surface area contributed by atoms with Crippen molar-refractivity contribution in [3.8, 4) is 0 Å². The summed E-state index contributed by atoms with van der Waals surface area (Å²) in [6.07, 6.45) is 3.85. The summed E-state index contributed by atoms with van der Waals surface area (Å²) in [5.41, 5.74) is 5.40. The van der Waals surface area contributed by atoms with E-state index in [4.69, 9.17) is 10.5 Å². The molecule has 0 spiro atoms. The molecule has 1 aliphatic rings. The fourth-order valence-corrected chi connectivity index (χ4v) is 2.54. The van der Waals surface area contributed by atoms with Gasteiger partial charge < -0.3 is 15.4 Å². The monoisotopic (exact) mass is 270 g/mol. The minimum Gasteiger partial charge on any atom is -0.378 e. The predicted octanol–water partition coefficient (Wildman–Crippen LogP) is 2.17. The third-order valence-corrected chi connectivity index (χ3v) is 3.65. The molecule has 1 fully saturated rings. The van der Waals surface area contributed by atoms with Gasteiger partial charge in [0, 0.05) is 19.7 Å². The van der Waals surface area contributed by atoms with Crippen LogP contribution in [0.3, 0.4) is 0 Å². The van der Waals surface area contributed by atoms with E-state index in [9.17, 15) is 4.79 Å². The van der Waals surface area contributed by atoms with Crippen LogP contribution in [0.1, 0.15) is 53.4 Å². The van der Waals surface area contributed by atoms with Gasteiger partial charge >= 0.3 is 0 Å². The Balaban J connectivity index is 2.39. The number of hydrogen-bond acceptors (Lipinski definition) is 3. The Labute approximate surface area is 117 Å². The lowest BCUT2D eigenvalue weighted by atomic mass is 9.94. The topological polar surface area (TPSA) is 55.6 Å². The van der Waals surface area contributed by atoms with Gasteiger partial charge in [0.25, 0.3) is 0 Å². The molecular formula is C15H30N2O2. The number of carbonyl (C=O) groups is 1. The van der Waals surface area contributed by atoms with E-state index in [2.05, 4.69) is 20.8 Å². The van der Waals surface area contributed by atoms with Crippen LogP contribution in [-0.4, -0.2) is 42.1 Å². The van der Waals surface area contributed by atoms with Crippen LogP contribution in [0.4, 0.5) is 0 Å².